The van der Waals surface area contributed by atoms with Crippen molar-refractivity contribution in [1.82, 2.24) is 4.90 Å². The Hall–Kier alpha value is -2.13. The van der Waals surface area contributed by atoms with Crippen molar-refractivity contribution in [3.63, 3.8) is 0 Å². The van der Waals surface area contributed by atoms with Gasteiger partial charge in [0.05, 0.1) is 5.92 Å². The molecule has 114 valence electrons. The summed E-state index contributed by atoms with van der Waals surface area (Å²) in [6.45, 7) is 4.29. The molecule has 3 nitrogen and oxygen atoms in total. The SMILES string of the molecule is Cc1ccccc1C1CN(Cc2ccccc2)CC1C(=O)O. The van der Waals surface area contributed by atoms with Crippen LogP contribution in [-0.2, 0) is 11.3 Å². The van der Waals surface area contributed by atoms with E-state index in [2.05, 4.69) is 36.1 Å². The van der Waals surface area contributed by atoms with E-state index in [1.165, 1.54) is 16.7 Å². The average molecular weight is 295 g/mol. The van der Waals surface area contributed by atoms with Crippen molar-refractivity contribution in [3.05, 3.63) is 71.3 Å². The van der Waals surface area contributed by atoms with Crippen molar-refractivity contribution in [3.8, 4) is 0 Å². The second-order valence-corrected chi connectivity index (χ2v) is 6.09. The lowest BCUT2D eigenvalue weighted by Crippen LogP contribution is -2.23. The molecule has 2 atom stereocenters. The standard InChI is InChI=1S/C19H21NO2/c1-14-7-5-6-10-16(14)17-12-20(13-18(17)19(21)22)11-15-8-3-2-4-9-15/h2-10,17-18H,11-13H2,1H3,(H,21,22). The molecule has 0 aliphatic carbocycles. The lowest BCUT2D eigenvalue weighted by molar-refractivity contribution is -0.141. The molecule has 0 amide bonds. The quantitative estimate of drug-likeness (QED) is 0.941. The van der Waals surface area contributed by atoms with Gasteiger partial charge in [-0.15, -0.1) is 0 Å². The van der Waals surface area contributed by atoms with Crippen LogP contribution in [0.15, 0.2) is 54.6 Å². The summed E-state index contributed by atoms with van der Waals surface area (Å²) in [5, 5.41) is 9.59. The topological polar surface area (TPSA) is 40.5 Å². The van der Waals surface area contributed by atoms with Gasteiger partial charge in [0.15, 0.2) is 0 Å². The van der Waals surface area contributed by atoms with Crippen LogP contribution in [0.4, 0.5) is 0 Å². The summed E-state index contributed by atoms with van der Waals surface area (Å²) in [6, 6.07) is 18.4. The van der Waals surface area contributed by atoms with E-state index in [9.17, 15) is 9.90 Å². The first-order valence-electron chi connectivity index (χ1n) is 7.70. The summed E-state index contributed by atoms with van der Waals surface area (Å²) in [5.74, 6) is -0.948. The summed E-state index contributed by atoms with van der Waals surface area (Å²) in [5.41, 5.74) is 3.59. The fourth-order valence-electron chi connectivity index (χ4n) is 3.42. The molecule has 22 heavy (non-hydrogen) atoms. The third-order valence-corrected chi connectivity index (χ3v) is 4.55. The number of carboxylic acids is 1. The lowest BCUT2D eigenvalue weighted by Gasteiger charge is -2.18. The van der Waals surface area contributed by atoms with Crippen LogP contribution in [0.25, 0.3) is 0 Å². The van der Waals surface area contributed by atoms with Gasteiger partial charge in [0.1, 0.15) is 0 Å². The van der Waals surface area contributed by atoms with Crippen molar-refractivity contribution in [2.45, 2.75) is 19.4 Å². The van der Waals surface area contributed by atoms with Crippen LogP contribution in [0.3, 0.4) is 0 Å². The van der Waals surface area contributed by atoms with E-state index in [0.717, 1.165) is 13.1 Å². The molecular formula is C19H21NO2. The summed E-state index contributed by atoms with van der Waals surface area (Å²) < 4.78 is 0. The maximum atomic E-state index is 11.7. The van der Waals surface area contributed by atoms with E-state index in [-0.39, 0.29) is 11.8 Å². The number of benzene rings is 2. The van der Waals surface area contributed by atoms with Crippen LogP contribution in [0.1, 0.15) is 22.6 Å². The Morgan fingerprint density at radius 2 is 1.77 bits per heavy atom. The van der Waals surface area contributed by atoms with Gasteiger partial charge in [0.2, 0.25) is 0 Å². The summed E-state index contributed by atoms with van der Waals surface area (Å²) in [4.78, 5) is 13.9. The predicted molar refractivity (Wildman–Crippen MR) is 86.8 cm³/mol. The molecule has 1 heterocycles. The third kappa shape index (κ3) is 3.04. The smallest absolute Gasteiger partial charge is 0.308 e. The number of aliphatic carboxylic acids is 1. The molecule has 1 aliphatic rings. The maximum absolute atomic E-state index is 11.7. The number of hydrogen-bond acceptors (Lipinski definition) is 2. The Morgan fingerprint density at radius 1 is 1.09 bits per heavy atom. The Kier molecular flexibility index (Phi) is 4.25. The van der Waals surface area contributed by atoms with Crippen LogP contribution in [0, 0.1) is 12.8 Å². The summed E-state index contributed by atoms with van der Waals surface area (Å²) >= 11 is 0. The van der Waals surface area contributed by atoms with E-state index in [1.807, 2.05) is 30.3 Å². The molecule has 0 spiro atoms. The molecule has 0 radical (unpaired) electrons. The van der Waals surface area contributed by atoms with Crippen LogP contribution in [0.5, 0.6) is 0 Å². The first-order chi connectivity index (χ1) is 10.6. The minimum atomic E-state index is -0.691. The van der Waals surface area contributed by atoms with Gasteiger partial charge < -0.3 is 5.11 Å². The number of hydrogen-bond donors (Lipinski definition) is 1. The zero-order chi connectivity index (χ0) is 15.5. The number of carbonyl (C=O) groups is 1. The Balaban J connectivity index is 1.81. The highest BCUT2D eigenvalue weighted by Crippen LogP contribution is 2.35. The monoisotopic (exact) mass is 295 g/mol. The number of carboxylic acid groups (broad SMARTS) is 1. The number of rotatable bonds is 4. The molecule has 0 bridgehead atoms. The van der Waals surface area contributed by atoms with Gasteiger partial charge in [-0.1, -0.05) is 54.6 Å². The molecular weight excluding hydrogens is 274 g/mol. The molecule has 2 aromatic rings. The molecule has 3 rings (SSSR count). The van der Waals surface area contributed by atoms with E-state index >= 15 is 0 Å². The van der Waals surface area contributed by atoms with Crippen molar-refractivity contribution in [1.29, 1.82) is 0 Å². The molecule has 0 saturated carbocycles. The van der Waals surface area contributed by atoms with Gasteiger partial charge >= 0.3 is 5.97 Å². The highest BCUT2D eigenvalue weighted by molar-refractivity contribution is 5.72. The molecule has 3 heteroatoms. The van der Waals surface area contributed by atoms with Crippen LogP contribution < -0.4 is 0 Å². The Morgan fingerprint density at radius 3 is 2.45 bits per heavy atom. The van der Waals surface area contributed by atoms with Crippen molar-refractivity contribution in [2.24, 2.45) is 5.92 Å². The highest BCUT2D eigenvalue weighted by Gasteiger charge is 2.38. The first-order valence-corrected chi connectivity index (χ1v) is 7.70. The lowest BCUT2D eigenvalue weighted by atomic mass is 9.86. The molecule has 1 saturated heterocycles. The normalized spacial score (nSPS) is 21.9. The van der Waals surface area contributed by atoms with Crippen LogP contribution in [-0.4, -0.2) is 29.1 Å². The van der Waals surface area contributed by atoms with Gasteiger partial charge in [-0.05, 0) is 23.6 Å². The van der Waals surface area contributed by atoms with Gasteiger partial charge in [0.25, 0.3) is 0 Å². The van der Waals surface area contributed by atoms with Crippen molar-refractivity contribution < 1.29 is 9.90 Å². The number of nitrogens with zero attached hydrogens (tertiary/aromatic N) is 1. The van der Waals surface area contributed by atoms with E-state index in [4.69, 9.17) is 0 Å². The van der Waals surface area contributed by atoms with Gasteiger partial charge in [-0.25, -0.2) is 0 Å². The van der Waals surface area contributed by atoms with Gasteiger partial charge in [-0.3, -0.25) is 9.69 Å². The summed E-state index contributed by atoms with van der Waals surface area (Å²) in [6.07, 6.45) is 0. The van der Waals surface area contributed by atoms with Crippen molar-refractivity contribution in [2.75, 3.05) is 13.1 Å². The van der Waals surface area contributed by atoms with E-state index in [0.29, 0.717) is 6.54 Å². The fourth-order valence-corrected chi connectivity index (χ4v) is 3.42. The van der Waals surface area contributed by atoms with Crippen molar-refractivity contribution >= 4 is 5.97 Å². The first kappa shape index (κ1) is 14.8. The maximum Gasteiger partial charge on any atom is 0.308 e. The minimum absolute atomic E-state index is 0.0717. The van der Waals surface area contributed by atoms with Crippen LogP contribution in [0.2, 0.25) is 0 Å². The molecule has 1 fully saturated rings. The highest BCUT2D eigenvalue weighted by atomic mass is 16.4. The molecule has 1 aliphatic heterocycles. The zero-order valence-electron chi connectivity index (χ0n) is 12.8. The van der Waals surface area contributed by atoms with E-state index < -0.39 is 5.97 Å². The number of aryl methyl sites for hydroxylation is 1. The fraction of sp³-hybridized carbons (Fsp3) is 0.316. The molecule has 1 N–H and O–H groups in total. The molecule has 2 aromatic carbocycles. The third-order valence-electron chi connectivity index (χ3n) is 4.55. The second kappa shape index (κ2) is 6.32. The minimum Gasteiger partial charge on any atom is -0.481 e. The zero-order valence-corrected chi connectivity index (χ0v) is 12.8. The Bertz CT molecular complexity index is 653. The van der Waals surface area contributed by atoms with Crippen LogP contribution >= 0.6 is 0 Å². The molecule has 0 aromatic heterocycles. The van der Waals surface area contributed by atoms with Gasteiger partial charge in [0, 0.05) is 25.6 Å². The second-order valence-electron chi connectivity index (χ2n) is 6.09. The predicted octanol–water partition coefficient (Wildman–Crippen LogP) is 3.30. The van der Waals surface area contributed by atoms with Gasteiger partial charge in [-0.2, -0.15) is 0 Å². The number of likely N-dealkylation sites (tertiary alicyclic amines) is 1. The largest absolute Gasteiger partial charge is 0.481 e. The Labute approximate surface area is 131 Å². The van der Waals surface area contributed by atoms with E-state index in [1.54, 1.807) is 0 Å². The summed E-state index contributed by atoms with van der Waals surface area (Å²) in [7, 11) is 0. The average Bonchev–Trinajstić information content (AvgIpc) is 2.92. The molecule has 2 unspecified atom stereocenters.